The Morgan fingerprint density at radius 1 is 1.61 bits per heavy atom. The zero-order valence-electron chi connectivity index (χ0n) is 9.94. The molecular weight excluding hydrogens is 252 g/mol. The van der Waals surface area contributed by atoms with Gasteiger partial charge in [0, 0.05) is 11.9 Å². The molecule has 1 aliphatic rings. The number of nitrogen functional groups attached to an aromatic ring is 1. The molecule has 1 aliphatic heterocycles. The first-order valence-corrected chi connectivity index (χ1v) is 6.80. The Morgan fingerprint density at radius 2 is 2.44 bits per heavy atom. The summed E-state index contributed by atoms with van der Waals surface area (Å²) in [6.45, 7) is 0.688. The van der Waals surface area contributed by atoms with Crippen molar-refractivity contribution in [2.24, 2.45) is 0 Å². The van der Waals surface area contributed by atoms with Crippen LogP contribution in [0.4, 0.5) is 5.13 Å². The Kier molecular flexibility index (Phi) is 4.14. The van der Waals surface area contributed by atoms with E-state index in [-0.39, 0.29) is 18.2 Å². The van der Waals surface area contributed by atoms with Crippen molar-refractivity contribution in [1.29, 1.82) is 0 Å². The van der Waals surface area contributed by atoms with Gasteiger partial charge in [0.1, 0.15) is 6.04 Å². The number of carbonyl (C=O) groups is 2. The monoisotopic (exact) mass is 268 g/mol. The third kappa shape index (κ3) is 3.43. The van der Waals surface area contributed by atoms with Crippen LogP contribution in [0.25, 0.3) is 0 Å². The van der Waals surface area contributed by atoms with E-state index in [1.807, 2.05) is 0 Å². The molecule has 4 N–H and O–H groups in total. The highest BCUT2D eigenvalue weighted by atomic mass is 32.1. The Bertz CT molecular complexity index is 446. The summed E-state index contributed by atoms with van der Waals surface area (Å²) >= 11 is 1.30. The zero-order valence-corrected chi connectivity index (χ0v) is 10.8. The zero-order chi connectivity index (χ0) is 13.0. The predicted molar refractivity (Wildman–Crippen MR) is 69.0 cm³/mol. The lowest BCUT2D eigenvalue weighted by Crippen LogP contribution is -2.46. The maximum atomic E-state index is 11.8. The smallest absolute Gasteiger partial charge is 0.242 e. The minimum Gasteiger partial charge on any atom is -0.375 e. The fourth-order valence-corrected chi connectivity index (χ4v) is 2.45. The van der Waals surface area contributed by atoms with Gasteiger partial charge in [-0.15, -0.1) is 11.3 Å². The van der Waals surface area contributed by atoms with Gasteiger partial charge >= 0.3 is 0 Å². The average molecular weight is 268 g/mol. The Hall–Kier alpha value is -1.63. The van der Waals surface area contributed by atoms with E-state index < -0.39 is 6.04 Å². The van der Waals surface area contributed by atoms with Gasteiger partial charge in [-0.05, 0) is 19.3 Å². The number of anilines is 1. The first kappa shape index (κ1) is 12.8. The molecule has 7 heteroatoms. The molecule has 0 aromatic carbocycles. The molecule has 2 heterocycles. The Morgan fingerprint density at radius 3 is 3.17 bits per heavy atom. The maximum absolute atomic E-state index is 11.8. The summed E-state index contributed by atoms with van der Waals surface area (Å²) in [5, 5.41) is 7.72. The van der Waals surface area contributed by atoms with Crippen LogP contribution >= 0.6 is 11.3 Å². The highest BCUT2D eigenvalue weighted by Crippen LogP contribution is 2.12. The van der Waals surface area contributed by atoms with Crippen molar-refractivity contribution >= 4 is 28.3 Å². The fraction of sp³-hybridized carbons (Fsp3) is 0.545. The highest BCUT2D eigenvalue weighted by Gasteiger charge is 2.22. The summed E-state index contributed by atoms with van der Waals surface area (Å²) in [6.07, 6.45) is 2.75. The van der Waals surface area contributed by atoms with Crippen LogP contribution in [-0.4, -0.2) is 29.4 Å². The van der Waals surface area contributed by atoms with Crippen LogP contribution in [0.15, 0.2) is 5.38 Å². The van der Waals surface area contributed by atoms with Crippen molar-refractivity contribution in [2.45, 2.75) is 31.7 Å². The summed E-state index contributed by atoms with van der Waals surface area (Å²) in [5.41, 5.74) is 6.14. The molecule has 1 aromatic rings. The van der Waals surface area contributed by atoms with Crippen LogP contribution in [0.3, 0.4) is 0 Å². The van der Waals surface area contributed by atoms with E-state index in [9.17, 15) is 9.59 Å². The second kappa shape index (κ2) is 5.81. The van der Waals surface area contributed by atoms with Crippen LogP contribution in [-0.2, 0) is 16.0 Å². The lowest BCUT2D eigenvalue weighted by molar-refractivity contribution is -0.128. The van der Waals surface area contributed by atoms with Crippen LogP contribution < -0.4 is 16.4 Å². The average Bonchev–Trinajstić information content (AvgIpc) is 2.61. The number of amides is 2. The number of aromatic nitrogens is 1. The molecule has 98 valence electrons. The van der Waals surface area contributed by atoms with Gasteiger partial charge in [-0.3, -0.25) is 9.59 Å². The molecule has 0 saturated carbocycles. The first-order valence-electron chi connectivity index (χ1n) is 5.92. The topological polar surface area (TPSA) is 97.1 Å². The molecule has 0 spiro atoms. The van der Waals surface area contributed by atoms with Gasteiger partial charge in [0.2, 0.25) is 11.8 Å². The number of carbonyl (C=O) groups excluding carboxylic acids is 2. The number of nitrogens with zero attached hydrogens (tertiary/aromatic N) is 1. The van der Waals surface area contributed by atoms with Crippen LogP contribution in [0.5, 0.6) is 0 Å². The summed E-state index contributed by atoms with van der Waals surface area (Å²) in [6, 6.07) is -0.420. The quantitative estimate of drug-likeness (QED) is 0.721. The van der Waals surface area contributed by atoms with E-state index in [1.165, 1.54) is 11.3 Å². The Labute approximate surface area is 109 Å². The lowest BCUT2D eigenvalue weighted by atomic mass is 10.1. The van der Waals surface area contributed by atoms with Gasteiger partial charge < -0.3 is 16.4 Å². The third-order valence-corrected chi connectivity index (χ3v) is 3.50. The van der Waals surface area contributed by atoms with Crippen LogP contribution in [0.2, 0.25) is 0 Å². The molecular formula is C11H16N4O2S. The number of nitrogens with one attached hydrogen (secondary N) is 2. The maximum Gasteiger partial charge on any atom is 0.242 e. The van der Waals surface area contributed by atoms with Gasteiger partial charge in [-0.1, -0.05) is 0 Å². The molecule has 1 aromatic heterocycles. The van der Waals surface area contributed by atoms with Crippen molar-refractivity contribution < 1.29 is 9.59 Å². The molecule has 0 aliphatic carbocycles. The second-order valence-corrected chi connectivity index (χ2v) is 5.15. The summed E-state index contributed by atoms with van der Waals surface area (Å²) in [4.78, 5) is 27.4. The number of thiazole rings is 1. The summed E-state index contributed by atoms with van der Waals surface area (Å²) in [5.74, 6) is -0.291. The molecule has 1 fully saturated rings. The second-order valence-electron chi connectivity index (χ2n) is 4.26. The van der Waals surface area contributed by atoms with E-state index in [0.29, 0.717) is 23.8 Å². The molecule has 1 unspecified atom stereocenters. The molecule has 2 rings (SSSR count). The van der Waals surface area contributed by atoms with Gasteiger partial charge in [-0.2, -0.15) is 0 Å². The SMILES string of the molecule is Nc1nc(CC(=O)NC2CCCCNC2=O)cs1. The normalized spacial score (nSPS) is 20.0. The van der Waals surface area contributed by atoms with Gasteiger partial charge in [0.15, 0.2) is 5.13 Å². The van der Waals surface area contributed by atoms with Crippen LogP contribution in [0, 0.1) is 0 Å². The first-order chi connectivity index (χ1) is 8.65. The fourth-order valence-electron chi connectivity index (χ4n) is 1.89. The van der Waals surface area contributed by atoms with Crippen molar-refractivity contribution in [3.63, 3.8) is 0 Å². The minimum atomic E-state index is -0.420. The third-order valence-electron chi connectivity index (χ3n) is 2.78. The van der Waals surface area contributed by atoms with E-state index in [2.05, 4.69) is 15.6 Å². The van der Waals surface area contributed by atoms with Crippen LogP contribution in [0.1, 0.15) is 25.0 Å². The van der Waals surface area contributed by atoms with E-state index >= 15 is 0 Å². The van der Waals surface area contributed by atoms with Crippen molar-refractivity contribution in [3.05, 3.63) is 11.1 Å². The predicted octanol–water partition coefficient (Wildman–Crippen LogP) is 0.0527. The van der Waals surface area contributed by atoms with Crippen molar-refractivity contribution in [3.8, 4) is 0 Å². The molecule has 1 saturated heterocycles. The minimum absolute atomic E-state index is 0.0985. The molecule has 0 bridgehead atoms. The van der Waals surface area contributed by atoms with Gasteiger partial charge in [0.05, 0.1) is 12.1 Å². The lowest BCUT2D eigenvalue weighted by Gasteiger charge is -2.14. The van der Waals surface area contributed by atoms with Gasteiger partial charge in [-0.25, -0.2) is 4.98 Å². The van der Waals surface area contributed by atoms with E-state index in [1.54, 1.807) is 5.38 Å². The molecule has 0 radical (unpaired) electrons. The van der Waals surface area contributed by atoms with Crippen molar-refractivity contribution in [1.82, 2.24) is 15.6 Å². The molecule has 2 amide bonds. The number of rotatable bonds is 3. The number of hydrogen-bond acceptors (Lipinski definition) is 5. The van der Waals surface area contributed by atoms with Crippen molar-refractivity contribution in [2.75, 3.05) is 12.3 Å². The molecule has 6 nitrogen and oxygen atoms in total. The highest BCUT2D eigenvalue weighted by molar-refractivity contribution is 7.13. The number of nitrogens with two attached hydrogens (primary N) is 1. The van der Waals surface area contributed by atoms with Gasteiger partial charge in [0.25, 0.3) is 0 Å². The summed E-state index contributed by atoms with van der Waals surface area (Å²) in [7, 11) is 0. The molecule has 1 atom stereocenters. The van der Waals surface area contributed by atoms with E-state index in [4.69, 9.17) is 5.73 Å². The van der Waals surface area contributed by atoms with E-state index in [0.717, 1.165) is 12.8 Å². The number of hydrogen-bond donors (Lipinski definition) is 3. The summed E-state index contributed by atoms with van der Waals surface area (Å²) < 4.78 is 0. The standard InChI is InChI=1S/C11H16N4O2S/c12-11-14-7(6-18-11)5-9(16)15-8-3-1-2-4-13-10(8)17/h6,8H,1-5H2,(H2,12,14)(H,13,17)(H,15,16). The molecule has 18 heavy (non-hydrogen) atoms. The largest absolute Gasteiger partial charge is 0.375 e. The Balaban J connectivity index is 1.88.